The number of sulfonamides is 1. The monoisotopic (exact) mass is 525 g/mol. The molecule has 0 saturated carbocycles. The van der Waals surface area contributed by atoms with Crippen molar-refractivity contribution in [2.75, 3.05) is 10.2 Å². The van der Waals surface area contributed by atoms with Crippen molar-refractivity contribution < 1.29 is 22.8 Å². The van der Waals surface area contributed by atoms with Gasteiger partial charge in [0.15, 0.2) is 0 Å². The predicted octanol–water partition coefficient (Wildman–Crippen LogP) is 4.46. The molecule has 3 rings (SSSR count). The second-order valence-corrected chi connectivity index (χ2v) is 11.2. The summed E-state index contributed by atoms with van der Waals surface area (Å²) < 4.78 is 28.7. The van der Waals surface area contributed by atoms with E-state index in [1.807, 2.05) is 0 Å². The molecule has 1 unspecified atom stereocenters. The second-order valence-electron chi connectivity index (χ2n) is 8.56. The Bertz CT molecular complexity index is 1250. The third-order valence-corrected chi connectivity index (χ3v) is 8.58. The lowest BCUT2D eigenvalue weighted by Crippen LogP contribution is -2.55. The Morgan fingerprint density at radius 2 is 1.76 bits per heavy atom. The maximum Gasteiger partial charge on any atom is 0.252 e. The van der Waals surface area contributed by atoms with E-state index < -0.39 is 33.4 Å². The molecule has 2 aromatic carbocycles. The minimum Gasteiger partial charge on any atom is -0.326 e. The van der Waals surface area contributed by atoms with Crippen LogP contribution < -0.4 is 10.2 Å². The van der Waals surface area contributed by atoms with Crippen LogP contribution in [0.2, 0.25) is 10.0 Å². The Hall–Kier alpha value is -2.46. The first-order chi connectivity index (χ1) is 15.8. The minimum absolute atomic E-state index is 0.0384. The maximum absolute atomic E-state index is 13.8. The fourth-order valence-electron chi connectivity index (χ4n) is 3.82. The SMILES string of the molecule is CCC(C)(C)N(C1CC(=O)N(c2ccc(NC(C)=O)cc2)C1=O)S(=O)(=O)c1cc(Cl)ccc1Cl. The maximum atomic E-state index is 13.8. The van der Waals surface area contributed by atoms with Gasteiger partial charge in [-0.3, -0.25) is 14.4 Å². The predicted molar refractivity (Wildman–Crippen MR) is 132 cm³/mol. The van der Waals surface area contributed by atoms with E-state index in [4.69, 9.17) is 23.2 Å². The minimum atomic E-state index is -4.32. The summed E-state index contributed by atoms with van der Waals surface area (Å²) in [6.07, 6.45) is 0.0426. The van der Waals surface area contributed by atoms with E-state index in [2.05, 4.69) is 5.32 Å². The van der Waals surface area contributed by atoms with E-state index in [0.717, 1.165) is 9.21 Å². The van der Waals surface area contributed by atoms with Gasteiger partial charge < -0.3 is 5.32 Å². The molecule has 1 aliphatic heterocycles. The first-order valence-electron chi connectivity index (χ1n) is 10.5. The molecule has 0 aromatic heterocycles. The van der Waals surface area contributed by atoms with Gasteiger partial charge in [-0.15, -0.1) is 0 Å². The number of nitrogens with zero attached hydrogens (tertiary/aromatic N) is 2. The lowest BCUT2D eigenvalue weighted by molar-refractivity contribution is -0.123. The molecule has 0 radical (unpaired) electrons. The van der Waals surface area contributed by atoms with Crippen molar-refractivity contribution in [3.05, 3.63) is 52.5 Å². The van der Waals surface area contributed by atoms with E-state index >= 15 is 0 Å². The van der Waals surface area contributed by atoms with Crippen molar-refractivity contribution in [1.29, 1.82) is 0 Å². The summed E-state index contributed by atoms with van der Waals surface area (Å²) in [5.74, 6) is -1.46. The van der Waals surface area contributed by atoms with Crippen LogP contribution in [-0.4, -0.2) is 42.0 Å². The topological polar surface area (TPSA) is 104 Å². The molecule has 11 heteroatoms. The van der Waals surface area contributed by atoms with E-state index in [1.54, 1.807) is 32.9 Å². The lowest BCUT2D eigenvalue weighted by atomic mass is 10.00. The van der Waals surface area contributed by atoms with Gasteiger partial charge in [0.25, 0.3) is 5.91 Å². The van der Waals surface area contributed by atoms with Crippen molar-refractivity contribution in [2.24, 2.45) is 0 Å². The van der Waals surface area contributed by atoms with Gasteiger partial charge in [0, 0.05) is 23.2 Å². The molecule has 0 aliphatic carbocycles. The summed E-state index contributed by atoms with van der Waals surface area (Å²) in [6, 6.07) is 8.95. The average molecular weight is 526 g/mol. The molecule has 8 nitrogen and oxygen atoms in total. The van der Waals surface area contributed by atoms with Gasteiger partial charge >= 0.3 is 0 Å². The molecular formula is C23H25Cl2N3O5S. The molecule has 1 saturated heterocycles. The molecule has 1 heterocycles. The van der Waals surface area contributed by atoms with Crippen molar-refractivity contribution >= 4 is 62.3 Å². The first kappa shape index (κ1) is 26.2. The van der Waals surface area contributed by atoms with E-state index in [-0.39, 0.29) is 33.0 Å². The standard InChI is InChI=1S/C23H25Cl2N3O5S/c1-5-23(3,4)28(34(32,33)20-12-15(24)6-11-18(20)25)19-13-21(30)27(22(19)31)17-9-7-16(8-10-17)26-14(2)29/h6-12,19H,5,13H2,1-4H3,(H,26,29). The van der Waals surface area contributed by atoms with E-state index in [0.29, 0.717) is 12.1 Å². The van der Waals surface area contributed by atoms with Crippen LogP contribution in [0, 0.1) is 0 Å². The van der Waals surface area contributed by atoms with Gasteiger partial charge in [-0.2, -0.15) is 4.31 Å². The summed E-state index contributed by atoms with van der Waals surface area (Å²) in [7, 11) is -4.32. The Morgan fingerprint density at radius 1 is 1.15 bits per heavy atom. The zero-order valence-corrected chi connectivity index (χ0v) is 21.5. The summed E-state index contributed by atoms with van der Waals surface area (Å²) >= 11 is 12.2. The third kappa shape index (κ3) is 4.98. The van der Waals surface area contributed by atoms with Gasteiger partial charge in [-0.1, -0.05) is 30.1 Å². The van der Waals surface area contributed by atoms with E-state index in [9.17, 15) is 22.8 Å². The highest BCUT2D eigenvalue weighted by Crippen LogP contribution is 2.38. The zero-order chi connectivity index (χ0) is 25.4. The number of amides is 3. The van der Waals surface area contributed by atoms with Crippen LogP contribution in [-0.2, 0) is 24.4 Å². The van der Waals surface area contributed by atoms with Crippen molar-refractivity contribution in [3.63, 3.8) is 0 Å². The van der Waals surface area contributed by atoms with Crippen LogP contribution in [0.4, 0.5) is 11.4 Å². The molecule has 3 amide bonds. The second kappa shape index (κ2) is 9.65. The molecule has 1 N–H and O–H groups in total. The highest BCUT2D eigenvalue weighted by atomic mass is 35.5. The first-order valence-corrected chi connectivity index (χ1v) is 12.7. The Kier molecular flexibility index (Phi) is 7.43. The quantitative estimate of drug-likeness (QED) is 0.537. The molecule has 1 atom stereocenters. The van der Waals surface area contributed by atoms with Crippen LogP contribution in [0.25, 0.3) is 0 Å². The fraction of sp³-hybridized carbons (Fsp3) is 0.348. The van der Waals surface area contributed by atoms with Crippen molar-refractivity contribution in [1.82, 2.24) is 4.31 Å². The van der Waals surface area contributed by atoms with E-state index in [1.165, 1.54) is 37.3 Å². The summed E-state index contributed by atoms with van der Waals surface area (Å²) in [6.45, 7) is 6.53. The average Bonchev–Trinajstić information content (AvgIpc) is 3.03. The van der Waals surface area contributed by atoms with Gasteiger partial charge in [0.1, 0.15) is 10.9 Å². The summed E-state index contributed by atoms with van der Waals surface area (Å²) in [4.78, 5) is 38.4. The number of carbonyl (C=O) groups excluding carboxylic acids is 3. The Labute approximate surface area is 208 Å². The number of carbonyl (C=O) groups is 3. The molecule has 34 heavy (non-hydrogen) atoms. The molecule has 182 valence electrons. The number of imide groups is 1. The normalized spacial score (nSPS) is 16.9. The fourth-order valence-corrected chi connectivity index (χ4v) is 6.55. The summed E-state index contributed by atoms with van der Waals surface area (Å²) in [5, 5.41) is 2.74. The van der Waals surface area contributed by atoms with Crippen molar-refractivity contribution in [3.8, 4) is 0 Å². The number of anilines is 2. The number of halogens is 2. The lowest BCUT2D eigenvalue weighted by Gasteiger charge is -2.39. The van der Waals surface area contributed by atoms with Crippen LogP contribution >= 0.6 is 23.2 Å². The number of nitrogens with one attached hydrogen (secondary N) is 1. The largest absolute Gasteiger partial charge is 0.326 e. The smallest absolute Gasteiger partial charge is 0.252 e. The zero-order valence-electron chi connectivity index (χ0n) is 19.1. The van der Waals surface area contributed by atoms with Crippen molar-refractivity contribution in [2.45, 2.75) is 57.0 Å². The van der Waals surface area contributed by atoms with Crippen LogP contribution in [0.5, 0.6) is 0 Å². The van der Waals surface area contributed by atoms with Gasteiger partial charge in [-0.25, -0.2) is 13.3 Å². The molecule has 0 bridgehead atoms. The van der Waals surface area contributed by atoms with Gasteiger partial charge in [-0.05, 0) is 62.7 Å². The van der Waals surface area contributed by atoms with Crippen LogP contribution in [0.15, 0.2) is 47.4 Å². The highest BCUT2D eigenvalue weighted by Gasteiger charge is 2.51. The highest BCUT2D eigenvalue weighted by molar-refractivity contribution is 7.89. The number of hydrogen-bond donors (Lipinski definition) is 1. The molecule has 1 aliphatic rings. The summed E-state index contributed by atoms with van der Waals surface area (Å²) in [5.41, 5.74) is -0.242. The Morgan fingerprint density at radius 3 is 2.32 bits per heavy atom. The number of rotatable bonds is 7. The Balaban J connectivity index is 2.05. The van der Waals surface area contributed by atoms with Crippen LogP contribution in [0.1, 0.15) is 40.5 Å². The third-order valence-electron chi connectivity index (χ3n) is 5.74. The molecular weight excluding hydrogens is 501 g/mol. The molecule has 2 aromatic rings. The number of benzene rings is 2. The molecule has 1 fully saturated rings. The van der Waals surface area contributed by atoms with Gasteiger partial charge in [0.05, 0.1) is 17.1 Å². The molecule has 0 spiro atoms. The van der Waals surface area contributed by atoms with Gasteiger partial charge in [0.2, 0.25) is 21.8 Å². The number of hydrogen-bond acceptors (Lipinski definition) is 5. The van der Waals surface area contributed by atoms with Crippen LogP contribution in [0.3, 0.4) is 0 Å².